The van der Waals surface area contributed by atoms with E-state index in [1.54, 1.807) is 0 Å². The molecule has 1 aliphatic carbocycles. The first-order chi connectivity index (χ1) is 8.33. The Morgan fingerprint density at radius 1 is 1.35 bits per heavy atom. The maximum atomic E-state index is 11.8. The summed E-state index contributed by atoms with van der Waals surface area (Å²) in [5.74, 6) is 0.285. The van der Waals surface area contributed by atoms with E-state index >= 15 is 0 Å². The summed E-state index contributed by atoms with van der Waals surface area (Å²) in [5.41, 5.74) is 3.18. The van der Waals surface area contributed by atoms with Crippen LogP contribution in [0.15, 0.2) is 6.20 Å². The molecule has 4 heteroatoms. The van der Waals surface area contributed by atoms with E-state index < -0.39 is 0 Å². The summed E-state index contributed by atoms with van der Waals surface area (Å²) in [7, 11) is 0. The summed E-state index contributed by atoms with van der Waals surface area (Å²) in [6.07, 6.45) is 6.36. The molecule has 1 aliphatic rings. The van der Waals surface area contributed by atoms with Gasteiger partial charge in [0.1, 0.15) is 0 Å². The highest BCUT2D eigenvalue weighted by molar-refractivity contribution is 5.99. The van der Waals surface area contributed by atoms with Crippen molar-refractivity contribution in [1.82, 2.24) is 4.98 Å². The van der Waals surface area contributed by atoms with E-state index in [9.17, 15) is 4.79 Å². The minimum Gasteiger partial charge on any atom is -0.364 e. The molecule has 0 fully saturated rings. The zero-order chi connectivity index (χ0) is 12.1. The first-order valence-electron chi connectivity index (χ1n) is 6.29. The fourth-order valence-electron chi connectivity index (χ4n) is 2.27. The highest BCUT2D eigenvalue weighted by Gasteiger charge is 2.21. The van der Waals surface area contributed by atoms with Crippen molar-refractivity contribution in [2.24, 2.45) is 0 Å². The number of ketones is 1. The summed E-state index contributed by atoms with van der Waals surface area (Å²) in [4.78, 5) is 24.8. The Kier molecular flexibility index (Phi) is 4.34. The van der Waals surface area contributed by atoms with Gasteiger partial charge in [-0.2, -0.15) is 0 Å². The molecule has 0 spiro atoms. The molecule has 0 saturated heterocycles. The number of aryl methyl sites for hydroxylation is 2. The Hall–Kier alpha value is -1.13. The van der Waals surface area contributed by atoms with Gasteiger partial charge >= 0.3 is 0 Å². The lowest BCUT2D eigenvalue weighted by Gasteiger charge is -2.11. The number of rotatable bonds is 6. The molecule has 0 amide bonds. The van der Waals surface area contributed by atoms with Crippen LogP contribution in [0.5, 0.6) is 0 Å². The van der Waals surface area contributed by atoms with Crippen molar-refractivity contribution < 1.29 is 14.6 Å². The average Bonchev–Trinajstić information content (AvgIpc) is 2.74. The minimum absolute atomic E-state index is 0.285. The number of carbonyl (C=O) groups excluding carboxylic acids is 1. The zero-order valence-electron chi connectivity index (χ0n) is 10.3. The monoisotopic (exact) mass is 237 g/mol. The SMILES string of the molecule is CCOOCCCc1c[nH]c2c1C(=O)CCC2. The van der Waals surface area contributed by atoms with Crippen LogP contribution in [0.1, 0.15) is 47.8 Å². The van der Waals surface area contributed by atoms with Crippen molar-refractivity contribution >= 4 is 5.78 Å². The third-order valence-corrected chi connectivity index (χ3v) is 3.03. The highest BCUT2D eigenvalue weighted by atomic mass is 17.2. The maximum Gasteiger partial charge on any atom is 0.164 e. The van der Waals surface area contributed by atoms with Gasteiger partial charge in [0, 0.05) is 23.9 Å². The lowest BCUT2D eigenvalue weighted by molar-refractivity contribution is -0.291. The summed E-state index contributed by atoms with van der Waals surface area (Å²) < 4.78 is 0. The Labute approximate surface area is 101 Å². The Bertz CT molecular complexity index is 384. The third kappa shape index (κ3) is 2.96. The quantitative estimate of drug-likeness (QED) is 0.469. The van der Waals surface area contributed by atoms with Gasteiger partial charge in [-0.05, 0) is 38.2 Å². The second-order valence-electron chi connectivity index (χ2n) is 4.28. The number of nitrogens with one attached hydrogen (secondary N) is 1. The normalized spacial score (nSPS) is 15.0. The predicted octanol–water partition coefficient (Wildman–Crippen LogP) is 2.43. The lowest BCUT2D eigenvalue weighted by Crippen LogP contribution is -2.11. The van der Waals surface area contributed by atoms with Crippen LogP contribution in [0.2, 0.25) is 0 Å². The first-order valence-corrected chi connectivity index (χ1v) is 6.29. The minimum atomic E-state index is 0.285. The number of carbonyl (C=O) groups is 1. The molecule has 0 atom stereocenters. The molecule has 0 bridgehead atoms. The van der Waals surface area contributed by atoms with Gasteiger partial charge in [-0.15, -0.1) is 0 Å². The van der Waals surface area contributed by atoms with Gasteiger partial charge in [-0.1, -0.05) is 0 Å². The number of aromatic amines is 1. The molecule has 4 nitrogen and oxygen atoms in total. The zero-order valence-corrected chi connectivity index (χ0v) is 10.3. The summed E-state index contributed by atoms with van der Waals surface area (Å²) in [6, 6.07) is 0. The summed E-state index contributed by atoms with van der Waals surface area (Å²) in [5, 5.41) is 0. The Morgan fingerprint density at radius 2 is 2.24 bits per heavy atom. The Balaban J connectivity index is 1.89. The van der Waals surface area contributed by atoms with E-state index in [4.69, 9.17) is 9.78 Å². The topological polar surface area (TPSA) is 51.3 Å². The smallest absolute Gasteiger partial charge is 0.164 e. The number of H-pyrrole nitrogens is 1. The number of fused-ring (bicyclic) bond motifs is 1. The molecule has 1 aromatic rings. The fraction of sp³-hybridized carbons (Fsp3) is 0.615. The van der Waals surface area contributed by atoms with Gasteiger partial charge in [0.05, 0.1) is 13.2 Å². The van der Waals surface area contributed by atoms with E-state index in [0.29, 0.717) is 19.6 Å². The largest absolute Gasteiger partial charge is 0.364 e. The summed E-state index contributed by atoms with van der Waals surface area (Å²) in [6.45, 7) is 3.03. The number of hydrogen-bond donors (Lipinski definition) is 1. The van der Waals surface area contributed by atoms with Crippen molar-refractivity contribution in [3.8, 4) is 0 Å². The van der Waals surface area contributed by atoms with Crippen LogP contribution in [0, 0.1) is 0 Å². The van der Waals surface area contributed by atoms with Crippen LogP contribution in [0.25, 0.3) is 0 Å². The van der Waals surface area contributed by atoms with Crippen LogP contribution in [0.3, 0.4) is 0 Å². The molecular weight excluding hydrogens is 218 g/mol. The molecule has 1 heterocycles. The van der Waals surface area contributed by atoms with Gasteiger partial charge in [-0.3, -0.25) is 4.79 Å². The van der Waals surface area contributed by atoms with Gasteiger partial charge < -0.3 is 4.98 Å². The van der Waals surface area contributed by atoms with E-state index in [1.165, 1.54) is 0 Å². The van der Waals surface area contributed by atoms with E-state index in [-0.39, 0.29) is 5.78 Å². The molecule has 0 radical (unpaired) electrons. The molecule has 0 aromatic carbocycles. The number of hydrogen-bond acceptors (Lipinski definition) is 3. The van der Waals surface area contributed by atoms with E-state index in [2.05, 4.69) is 4.98 Å². The second-order valence-corrected chi connectivity index (χ2v) is 4.28. The van der Waals surface area contributed by atoms with Gasteiger partial charge in [0.15, 0.2) is 5.78 Å². The van der Waals surface area contributed by atoms with E-state index in [1.807, 2.05) is 13.1 Å². The summed E-state index contributed by atoms with van der Waals surface area (Å²) >= 11 is 0. The molecule has 0 saturated carbocycles. The molecule has 94 valence electrons. The first kappa shape index (κ1) is 12.3. The van der Waals surface area contributed by atoms with Crippen molar-refractivity contribution in [3.63, 3.8) is 0 Å². The van der Waals surface area contributed by atoms with Crippen molar-refractivity contribution in [1.29, 1.82) is 0 Å². The molecule has 1 aromatic heterocycles. The average molecular weight is 237 g/mol. The van der Waals surface area contributed by atoms with Crippen molar-refractivity contribution in [3.05, 3.63) is 23.0 Å². The van der Waals surface area contributed by atoms with Crippen molar-refractivity contribution in [2.75, 3.05) is 13.2 Å². The maximum absolute atomic E-state index is 11.8. The van der Waals surface area contributed by atoms with Crippen LogP contribution < -0.4 is 0 Å². The second kappa shape index (κ2) is 5.98. The van der Waals surface area contributed by atoms with Crippen molar-refractivity contribution in [2.45, 2.75) is 39.0 Å². The number of Topliss-reactive ketones (excluding diaryl/α,β-unsaturated/α-hetero) is 1. The Morgan fingerprint density at radius 3 is 3.06 bits per heavy atom. The highest BCUT2D eigenvalue weighted by Crippen LogP contribution is 2.24. The van der Waals surface area contributed by atoms with Crippen LogP contribution >= 0.6 is 0 Å². The molecular formula is C13H19NO3. The third-order valence-electron chi connectivity index (χ3n) is 3.03. The van der Waals surface area contributed by atoms with Crippen LogP contribution in [0.4, 0.5) is 0 Å². The van der Waals surface area contributed by atoms with Gasteiger partial charge in [0.25, 0.3) is 0 Å². The molecule has 1 N–H and O–H groups in total. The molecule has 0 aliphatic heterocycles. The lowest BCUT2D eigenvalue weighted by atomic mass is 9.92. The molecule has 0 unspecified atom stereocenters. The van der Waals surface area contributed by atoms with Gasteiger partial charge in [0.2, 0.25) is 0 Å². The standard InChI is InChI=1S/C13H19NO3/c1-2-16-17-8-4-5-10-9-14-11-6-3-7-12(15)13(10)11/h9,14H,2-8H2,1H3. The molecule has 17 heavy (non-hydrogen) atoms. The van der Waals surface area contributed by atoms with E-state index in [0.717, 1.165) is 42.5 Å². The fourth-order valence-corrected chi connectivity index (χ4v) is 2.27. The van der Waals surface area contributed by atoms with Crippen LogP contribution in [-0.4, -0.2) is 24.0 Å². The number of aromatic nitrogens is 1. The molecule has 2 rings (SSSR count). The van der Waals surface area contributed by atoms with Gasteiger partial charge in [-0.25, -0.2) is 9.78 Å². The predicted molar refractivity (Wildman–Crippen MR) is 64.0 cm³/mol. The van der Waals surface area contributed by atoms with Crippen LogP contribution in [-0.2, 0) is 22.6 Å².